The summed E-state index contributed by atoms with van der Waals surface area (Å²) in [5.74, 6) is -0.0412. The Balaban J connectivity index is 1.55. The molecule has 1 aromatic heterocycles. The molecule has 124 valence electrons. The van der Waals surface area contributed by atoms with Crippen molar-refractivity contribution in [3.63, 3.8) is 0 Å². The molecule has 0 aliphatic carbocycles. The number of hydrogen-bond donors (Lipinski definition) is 1. The van der Waals surface area contributed by atoms with Crippen LogP contribution in [-0.4, -0.2) is 21.7 Å². The Morgan fingerprint density at radius 2 is 2.04 bits per heavy atom. The van der Waals surface area contributed by atoms with Gasteiger partial charge in [-0.1, -0.05) is 41.9 Å². The quantitative estimate of drug-likeness (QED) is 0.740. The van der Waals surface area contributed by atoms with Crippen molar-refractivity contribution < 1.29 is 4.79 Å². The fraction of sp³-hybridized carbons (Fsp3) is 0.263. The molecule has 0 aliphatic rings. The Bertz CT molecular complexity index is 829. The lowest BCUT2D eigenvalue weighted by Crippen LogP contribution is -2.35. The predicted molar refractivity (Wildman–Crippen MR) is 97.1 cm³/mol. The van der Waals surface area contributed by atoms with Crippen molar-refractivity contribution in [2.75, 3.05) is 0 Å². The molecule has 3 aromatic rings. The Hall–Kier alpha value is -2.33. The van der Waals surface area contributed by atoms with E-state index in [1.54, 1.807) is 10.9 Å². The number of amides is 1. The third-order valence-corrected chi connectivity index (χ3v) is 4.25. The maximum absolute atomic E-state index is 12.3. The monoisotopic (exact) mass is 341 g/mol. The van der Waals surface area contributed by atoms with Gasteiger partial charge in [0.1, 0.15) is 6.54 Å². The van der Waals surface area contributed by atoms with Crippen molar-refractivity contribution in [2.24, 2.45) is 0 Å². The van der Waals surface area contributed by atoms with Gasteiger partial charge in [0.2, 0.25) is 5.91 Å². The summed E-state index contributed by atoms with van der Waals surface area (Å²) in [6, 6.07) is 16.0. The number of aromatic nitrogens is 2. The van der Waals surface area contributed by atoms with Crippen molar-refractivity contribution >= 4 is 28.4 Å². The Labute approximate surface area is 146 Å². The molecule has 1 amide bonds. The molecule has 2 aromatic carbocycles. The van der Waals surface area contributed by atoms with Crippen LogP contribution in [0.4, 0.5) is 0 Å². The van der Waals surface area contributed by atoms with Crippen molar-refractivity contribution in [2.45, 2.75) is 32.4 Å². The predicted octanol–water partition coefficient (Wildman–Crippen LogP) is 3.83. The molecule has 1 unspecified atom stereocenters. The van der Waals surface area contributed by atoms with E-state index in [9.17, 15) is 4.79 Å². The molecule has 4 nitrogen and oxygen atoms in total. The lowest BCUT2D eigenvalue weighted by Gasteiger charge is -2.14. The Morgan fingerprint density at radius 3 is 2.83 bits per heavy atom. The highest BCUT2D eigenvalue weighted by Gasteiger charge is 2.11. The molecular formula is C19H20ClN3O. The van der Waals surface area contributed by atoms with Crippen LogP contribution in [0.1, 0.15) is 18.9 Å². The molecule has 1 atom stereocenters. The van der Waals surface area contributed by atoms with Crippen LogP contribution in [0.2, 0.25) is 5.02 Å². The Morgan fingerprint density at radius 1 is 1.25 bits per heavy atom. The number of halogens is 1. The first-order valence-corrected chi connectivity index (χ1v) is 8.44. The molecule has 0 spiro atoms. The molecule has 0 bridgehead atoms. The van der Waals surface area contributed by atoms with Gasteiger partial charge < -0.3 is 5.32 Å². The van der Waals surface area contributed by atoms with Crippen LogP contribution >= 0.6 is 11.6 Å². The molecule has 24 heavy (non-hydrogen) atoms. The average Bonchev–Trinajstić information content (AvgIpc) is 2.96. The van der Waals surface area contributed by atoms with Gasteiger partial charge in [0.15, 0.2) is 0 Å². The highest BCUT2D eigenvalue weighted by Crippen LogP contribution is 2.18. The summed E-state index contributed by atoms with van der Waals surface area (Å²) in [7, 11) is 0. The van der Waals surface area contributed by atoms with Crippen LogP contribution in [0.15, 0.2) is 54.7 Å². The Kier molecular flexibility index (Phi) is 5.16. The second-order valence-electron chi connectivity index (χ2n) is 6.00. The van der Waals surface area contributed by atoms with Gasteiger partial charge in [-0.05, 0) is 43.5 Å². The standard InChI is InChI=1S/C19H20ClN3O/c1-14(7-8-15-5-3-2-4-6-15)22-19(24)13-23-18-11-17(20)10-9-16(18)12-21-23/h2-6,9-12,14H,7-8,13H2,1H3,(H,22,24). The number of aryl methyl sites for hydroxylation is 1. The van der Waals surface area contributed by atoms with Crippen LogP contribution in [-0.2, 0) is 17.8 Å². The smallest absolute Gasteiger partial charge is 0.241 e. The second-order valence-corrected chi connectivity index (χ2v) is 6.43. The van der Waals surface area contributed by atoms with Crippen LogP contribution in [0.3, 0.4) is 0 Å². The second kappa shape index (κ2) is 7.49. The van der Waals surface area contributed by atoms with Crippen LogP contribution < -0.4 is 5.32 Å². The zero-order valence-electron chi connectivity index (χ0n) is 13.6. The molecule has 0 saturated carbocycles. The molecule has 0 aliphatic heterocycles. The summed E-state index contributed by atoms with van der Waals surface area (Å²) in [6.07, 6.45) is 3.60. The average molecular weight is 342 g/mol. The minimum atomic E-state index is -0.0412. The van der Waals surface area contributed by atoms with Gasteiger partial charge in [-0.3, -0.25) is 9.48 Å². The van der Waals surface area contributed by atoms with Gasteiger partial charge in [-0.2, -0.15) is 5.10 Å². The van der Waals surface area contributed by atoms with E-state index in [0.717, 1.165) is 23.7 Å². The number of benzene rings is 2. The summed E-state index contributed by atoms with van der Waals surface area (Å²) in [4.78, 5) is 12.3. The van der Waals surface area contributed by atoms with Gasteiger partial charge in [0, 0.05) is 16.5 Å². The number of carbonyl (C=O) groups is 1. The van der Waals surface area contributed by atoms with Gasteiger partial charge in [-0.25, -0.2) is 0 Å². The highest BCUT2D eigenvalue weighted by molar-refractivity contribution is 6.31. The largest absolute Gasteiger partial charge is 0.352 e. The summed E-state index contributed by atoms with van der Waals surface area (Å²) in [6.45, 7) is 2.22. The molecule has 1 N–H and O–H groups in total. The summed E-state index contributed by atoms with van der Waals surface area (Å²) in [5, 5.41) is 8.93. The van der Waals surface area contributed by atoms with Crippen LogP contribution in [0.25, 0.3) is 10.9 Å². The van der Waals surface area contributed by atoms with E-state index in [1.165, 1.54) is 5.56 Å². The van der Waals surface area contributed by atoms with E-state index in [1.807, 2.05) is 43.3 Å². The summed E-state index contributed by atoms with van der Waals surface area (Å²) in [5.41, 5.74) is 2.15. The van der Waals surface area contributed by atoms with Gasteiger partial charge in [0.25, 0.3) is 0 Å². The van der Waals surface area contributed by atoms with Crippen LogP contribution in [0, 0.1) is 0 Å². The topological polar surface area (TPSA) is 46.9 Å². The SMILES string of the molecule is CC(CCc1ccccc1)NC(=O)Cn1ncc2ccc(Cl)cc21. The molecule has 5 heteroatoms. The number of rotatable bonds is 6. The van der Waals surface area contributed by atoms with E-state index < -0.39 is 0 Å². The maximum Gasteiger partial charge on any atom is 0.241 e. The lowest BCUT2D eigenvalue weighted by molar-refractivity contribution is -0.122. The zero-order chi connectivity index (χ0) is 16.9. The van der Waals surface area contributed by atoms with Crippen LogP contribution in [0.5, 0.6) is 0 Å². The molecule has 0 radical (unpaired) electrons. The summed E-state index contributed by atoms with van der Waals surface area (Å²) < 4.78 is 1.68. The molecule has 0 saturated heterocycles. The zero-order valence-corrected chi connectivity index (χ0v) is 14.3. The minimum absolute atomic E-state index is 0.0412. The first-order chi connectivity index (χ1) is 11.6. The third kappa shape index (κ3) is 4.15. The number of fused-ring (bicyclic) bond motifs is 1. The maximum atomic E-state index is 12.3. The summed E-state index contributed by atoms with van der Waals surface area (Å²) >= 11 is 6.03. The highest BCUT2D eigenvalue weighted by atomic mass is 35.5. The van der Waals surface area contributed by atoms with E-state index in [2.05, 4.69) is 22.5 Å². The number of carbonyl (C=O) groups excluding carboxylic acids is 1. The van der Waals surface area contributed by atoms with Gasteiger partial charge in [-0.15, -0.1) is 0 Å². The molecule has 0 fully saturated rings. The lowest BCUT2D eigenvalue weighted by atomic mass is 10.1. The fourth-order valence-electron chi connectivity index (χ4n) is 2.73. The molecule has 3 rings (SSSR count). The number of hydrogen-bond acceptors (Lipinski definition) is 2. The first-order valence-electron chi connectivity index (χ1n) is 8.06. The molecular weight excluding hydrogens is 322 g/mol. The number of nitrogens with zero attached hydrogens (tertiary/aromatic N) is 2. The van der Waals surface area contributed by atoms with E-state index >= 15 is 0 Å². The first kappa shape index (κ1) is 16.5. The van der Waals surface area contributed by atoms with Crippen molar-refractivity contribution in [3.05, 3.63) is 65.3 Å². The third-order valence-electron chi connectivity index (χ3n) is 4.02. The molecule has 1 heterocycles. The van der Waals surface area contributed by atoms with Gasteiger partial charge in [0.05, 0.1) is 11.7 Å². The van der Waals surface area contributed by atoms with E-state index in [0.29, 0.717) is 5.02 Å². The fourth-order valence-corrected chi connectivity index (χ4v) is 2.89. The number of nitrogens with one attached hydrogen (secondary N) is 1. The van der Waals surface area contributed by atoms with Crippen molar-refractivity contribution in [3.8, 4) is 0 Å². The van der Waals surface area contributed by atoms with Crippen molar-refractivity contribution in [1.82, 2.24) is 15.1 Å². The van der Waals surface area contributed by atoms with E-state index in [4.69, 9.17) is 11.6 Å². The minimum Gasteiger partial charge on any atom is -0.352 e. The van der Waals surface area contributed by atoms with E-state index in [-0.39, 0.29) is 18.5 Å². The normalized spacial score (nSPS) is 12.2. The van der Waals surface area contributed by atoms with Gasteiger partial charge >= 0.3 is 0 Å². The van der Waals surface area contributed by atoms with Crippen molar-refractivity contribution in [1.29, 1.82) is 0 Å².